The summed E-state index contributed by atoms with van der Waals surface area (Å²) < 4.78 is 63.6. The summed E-state index contributed by atoms with van der Waals surface area (Å²) in [6.07, 6.45) is -5.73. The van der Waals surface area contributed by atoms with Gasteiger partial charge in [0.25, 0.3) is 10.2 Å². The average molecular weight is 514 g/mol. The number of nitrogens with two attached hydrogens (primary N) is 1. The number of nitrogens with zero attached hydrogens (tertiary/aromatic N) is 5. The number of fused-ring (bicyclic) bond motifs is 1. The molecule has 3 heterocycles. The van der Waals surface area contributed by atoms with E-state index in [2.05, 4.69) is 10.1 Å². The molecule has 1 atom stereocenters. The largest absolute Gasteiger partial charge is 0.416 e. The van der Waals surface area contributed by atoms with Gasteiger partial charge in [-0.15, -0.1) is 0 Å². The first kappa shape index (κ1) is 25.4. The Bertz CT molecular complexity index is 1120. The van der Waals surface area contributed by atoms with E-state index >= 15 is 0 Å². The lowest BCUT2D eigenvalue weighted by Gasteiger charge is -2.37. The number of anilines is 1. The van der Waals surface area contributed by atoms with Gasteiger partial charge in [0, 0.05) is 19.1 Å². The summed E-state index contributed by atoms with van der Waals surface area (Å²) in [6.45, 7) is 0.749. The number of rotatable bonds is 7. The van der Waals surface area contributed by atoms with Crippen LogP contribution >= 0.6 is 11.6 Å². The number of halogens is 4. The van der Waals surface area contributed by atoms with Crippen LogP contribution in [0.2, 0.25) is 5.15 Å². The van der Waals surface area contributed by atoms with E-state index < -0.39 is 47.5 Å². The van der Waals surface area contributed by atoms with Gasteiger partial charge in [-0.05, 0) is 31.4 Å². The van der Waals surface area contributed by atoms with E-state index in [0.29, 0.717) is 42.4 Å². The number of aryl methyl sites for hydroxylation is 1. The summed E-state index contributed by atoms with van der Waals surface area (Å²) in [4.78, 5) is 18.3. The van der Waals surface area contributed by atoms with E-state index in [1.54, 1.807) is 10.6 Å². The zero-order valence-corrected chi connectivity index (χ0v) is 19.0. The predicted octanol–water partition coefficient (Wildman–Crippen LogP) is 0.205. The molecular formula is C17H23ClF3N7O4S. The maximum atomic E-state index is 12.4. The van der Waals surface area contributed by atoms with Gasteiger partial charge >= 0.3 is 6.18 Å². The van der Waals surface area contributed by atoms with Crippen LogP contribution in [0.3, 0.4) is 0 Å². The topological polar surface area (TPSA) is 146 Å². The molecule has 11 nitrogen and oxygen atoms in total. The van der Waals surface area contributed by atoms with E-state index in [1.807, 2.05) is 17.1 Å². The maximum absolute atomic E-state index is 12.4. The first-order valence-electron chi connectivity index (χ1n) is 9.84. The molecule has 1 aliphatic rings. The Morgan fingerprint density at radius 3 is 2.64 bits per heavy atom. The Morgan fingerprint density at radius 2 is 2.06 bits per heavy atom. The highest BCUT2D eigenvalue weighted by atomic mass is 35.5. The summed E-state index contributed by atoms with van der Waals surface area (Å²) in [6, 6.07) is 1.10. The van der Waals surface area contributed by atoms with Crippen molar-refractivity contribution in [3.8, 4) is 0 Å². The molecule has 16 heteroatoms. The Morgan fingerprint density at radius 1 is 1.42 bits per heavy atom. The van der Waals surface area contributed by atoms with Crippen molar-refractivity contribution in [2.45, 2.75) is 38.1 Å². The van der Waals surface area contributed by atoms with Crippen molar-refractivity contribution in [1.29, 1.82) is 0 Å². The lowest BCUT2D eigenvalue weighted by Crippen LogP contribution is -2.53. The summed E-state index contributed by atoms with van der Waals surface area (Å²) >= 11 is 6.17. The second kappa shape index (κ2) is 9.58. The van der Waals surface area contributed by atoms with Gasteiger partial charge in [-0.3, -0.25) is 4.79 Å². The van der Waals surface area contributed by atoms with Crippen molar-refractivity contribution in [2.75, 3.05) is 31.1 Å². The fourth-order valence-electron chi connectivity index (χ4n) is 3.71. The number of amides is 1. The predicted molar refractivity (Wildman–Crippen MR) is 113 cm³/mol. The van der Waals surface area contributed by atoms with Gasteiger partial charge in [0.15, 0.2) is 11.9 Å². The molecule has 33 heavy (non-hydrogen) atoms. The number of piperidine rings is 1. The van der Waals surface area contributed by atoms with Gasteiger partial charge in [0.05, 0.1) is 13.1 Å². The average Bonchev–Trinajstić information content (AvgIpc) is 3.03. The molecule has 1 aliphatic heterocycles. The lowest BCUT2D eigenvalue weighted by molar-refractivity contribution is -0.201. The number of aliphatic hydroxyl groups is 1. The number of hydrogen-bond acceptors (Lipinski definition) is 7. The third-order valence-electron chi connectivity index (χ3n) is 5.35. The molecular weight excluding hydrogens is 491 g/mol. The maximum Gasteiger partial charge on any atom is 0.416 e. The molecule has 2 aromatic heterocycles. The minimum atomic E-state index is -4.91. The SMILES string of the molecule is Cc1cc(Cl)n2ncnc(N3CCC(N(CC(=O)NCC(O)C(F)(F)F)S(N)(=O)=O)CC3)c12. The van der Waals surface area contributed by atoms with Crippen molar-refractivity contribution >= 4 is 39.1 Å². The third kappa shape index (κ3) is 5.84. The first-order valence-corrected chi connectivity index (χ1v) is 11.7. The molecule has 0 aromatic carbocycles. The number of alkyl halides is 3. The van der Waals surface area contributed by atoms with Crippen molar-refractivity contribution in [3.05, 3.63) is 23.1 Å². The van der Waals surface area contributed by atoms with Gasteiger partial charge in [-0.25, -0.2) is 14.6 Å². The Balaban J connectivity index is 1.67. The molecule has 0 spiro atoms. The number of nitrogens with one attached hydrogen (secondary N) is 1. The van der Waals surface area contributed by atoms with Crippen molar-refractivity contribution in [1.82, 2.24) is 24.2 Å². The molecule has 1 fully saturated rings. The Kier molecular flexibility index (Phi) is 7.38. The van der Waals surface area contributed by atoms with Gasteiger partial charge in [-0.2, -0.15) is 31.0 Å². The molecule has 3 rings (SSSR count). The van der Waals surface area contributed by atoms with E-state index in [9.17, 15) is 26.4 Å². The van der Waals surface area contributed by atoms with Crippen LogP contribution in [0.15, 0.2) is 12.4 Å². The molecule has 184 valence electrons. The minimum absolute atomic E-state index is 0.290. The third-order valence-corrected chi connectivity index (χ3v) is 6.70. The zero-order chi connectivity index (χ0) is 24.6. The van der Waals surface area contributed by atoms with Gasteiger partial charge in [-0.1, -0.05) is 11.6 Å². The smallest absolute Gasteiger partial charge is 0.382 e. The molecule has 2 aromatic rings. The number of aliphatic hydroxyl groups excluding tert-OH is 1. The van der Waals surface area contributed by atoms with Crippen molar-refractivity contribution < 1.29 is 31.5 Å². The standard InChI is InChI=1S/C17H23ClF3N7O4S/c1-10-6-13(18)28-15(10)16(24-9-25-28)26-4-2-11(3-5-26)27(33(22,31)32)8-14(30)23-7-12(29)17(19,20)21/h6,9,11-12,29H,2-5,7-8H2,1H3,(H,23,30)(H2,22,31,32). The first-order chi connectivity index (χ1) is 15.3. The number of carbonyl (C=O) groups excluding carboxylic acids is 1. The van der Waals surface area contributed by atoms with Gasteiger partial charge in [0.2, 0.25) is 5.91 Å². The Labute approximate surface area is 192 Å². The second-order valence-corrected chi connectivity index (χ2v) is 9.55. The normalized spacial score (nSPS) is 17.0. The summed E-state index contributed by atoms with van der Waals surface area (Å²) in [7, 11) is -4.32. The molecule has 1 saturated heterocycles. The summed E-state index contributed by atoms with van der Waals surface area (Å²) in [5, 5.41) is 20.7. The second-order valence-electron chi connectivity index (χ2n) is 7.66. The minimum Gasteiger partial charge on any atom is -0.382 e. The molecule has 0 aliphatic carbocycles. The number of carbonyl (C=O) groups is 1. The monoisotopic (exact) mass is 513 g/mol. The zero-order valence-electron chi connectivity index (χ0n) is 17.5. The van der Waals surface area contributed by atoms with Crippen molar-refractivity contribution in [3.63, 3.8) is 0 Å². The fourth-order valence-corrected chi connectivity index (χ4v) is 4.92. The summed E-state index contributed by atoms with van der Waals surface area (Å²) in [5.74, 6) is -0.389. The highest BCUT2D eigenvalue weighted by Crippen LogP contribution is 2.29. The molecule has 0 saturated carbocycles. The molecule has 0 radical (unpaired) electrons. The highest BCUT2D eigenvalue weighted by molar-refractivity contribution is 7.86. The molecule has 4 N–H and O–H groups in total. The van der Waals surface area contributed by atoms with E-state index in [0.717, 1.165) is 9.87 Å². The van der Waals surface area contributed by atoms with Crippen LogP contribution < -0.4 is 15.4 Å². The fraction of sp³-hybridized carbons (Fsp3) is 0.588. The van der Waals surface area contributed by atoms with E-state index in [1.165, 1.54) is 6.33 Å². The van der Waals surface area contributed by atoms with Crippen LogP contribution in [-0.4, -0.2) is 82.8 Å². The quantitative estimate of drug-likeness (QED) is 0.479. The number of aromatic nitrogens is 3. The van der Waals surface area contributed by atoms with Crippen LogP contribution in [0.25, 0.3) is 5.52 Å². The molecule has 1 amide bonds. The van der Waals surface area contributed by atoms with Crippen LogP contribution in [0.1, 0.15) is 18.4 Å². The van der Waals surface area contributed by atoms with E-state index in [-0.39, 0.29) is 0 Å². The van der Waals surface area contributed by atoms with Crippen molar-refractivity contribution in [2.24, 2.45) is 5.14 Å². The van der Waals surface area contributed by atoms with Gasteiger partial charge in [0.1, 0.15) is 17.0 Å². The van der Waals surface area contributed by atoms with E-state index in [4.69, 9.17) is 21.8 Å². The Hall–Kier alpha value is -2.20. The van der Waals surface area contributed by atoms with Crippen LogP contribution in [-0.2, 0) is 15.0 Å². The van der Waals surface area contributed by atoms with Crippen LogP contribution in [0.4, 0.5) is 19.0 Å². The van der Waals surface area contributed by atoms with Crippen LogP contribution in [0, 0.1) is 6.92 Å². The number of hydrogen-bond donors (Lipinski definition) is 3. The highest BCUT2D eigenvalue weighted by Gasteiger charge is 2.39. The van der Waals surface area contributed by atoms with Gasteiger partial charge < -0.3 is 15.3 Å². The molecule has 1 unspecified atom stereocenters. The molecule has 0 bridgehead atoms. The van der Waals surface area contributed by atoms with Crippen LogP contribution in [0.5, 0.6) is 0 Å². The summed E-state index contributed by atoms with van der Waals surface area (Å²) in [5.41, 5.74) is 1.58. The lowest BCUT2D eigenvalue weighted by atomic mass is 10.0.